The number of carbonyl (C=O) groups excluding carboxylic acids is 1. The van der Waals surface area contributed by atoms with E-state index < -0.39 is 0 Å². The number of anilines is 1. The highest BCUT2D eigenvalue weighted by atomic mass is 16.1. The molecule has 2 aromatic carbocycles. The number of para-hydroxylation sites is 1. The first-order valence-corrected chi connectivity index (χ1v) is 7.25. The lowest BCUT2D eigenvalue weighted by Gasteiger charge is -2.23. The van der Waals surface area contributed by atoms with Crippen LogP contribution in [0.5, 0.6) is 0 Å². The van der Waals surface area contributed by atoms with E-state index in [2.05, 4.69) is 19.2 Å². The molecule has 0 heterocycles. The van der Waals surface area contributed by atoms with Crippen LogP contribution in [0.25, 0.3) is 0 Å². The number of nitrogens with two attached hydrogens (primary N) is 1. The second-order valence-electron chi connectivity index (χ2n) is 5.58. The third-order valence-electron chi connectivity index (χ3n) is 3.55. The fraction of sp³-hybridized carbons (Fsp3) is 0.278. The van der Waals surface area contributed by atoms with Crippen LogP contribution in [0.2, 0.25) is 0 Å². The van der Waals surface area contributed by atoms with Gasteiger partial charge in [0.15, 0.2) is 0 Å². The standard InChI is InChI=1S/C18H22N2O/c1-13(2)18(14-8-4-3-5-9-14)20-17(21)12-15-10-6-7-11-16(15)19/h3-11,13,18H,12,19H2,1-2H3,(H,20,21). The number of hydrogen-bond acceptors (Lipinski definition) is 2. The van der Waals surface area contributed by atoms with E-state index in [1.807, 2.05) is 54.6 Å². The number of hydrogen-bond donors (Lipinski definition) is 2. The first kappa shape index (κ1) is 15.1. The maximum atomic E-state index is 12.3. The van der Waals surface area contributed by atoms with Gasteiger partial charge in [0.1, 0.15) is 0 Å². The SMILES string of the molecule is CC(C)C(NC(=O)Cc1ccccc1N)c1ccccc1. The minimum Gasteiger partial charge on any atom is -0.398 e. The molecule has 2 rings (SSSR count). The molecule has 0 aliphatic heterocycles. The van der Waals surface area contributed by atoms with Crippen LogP contribution in [-0.2, 0) is 11.2 Å². The summed E-state index contributed by atoms with van der Waals surface area (Å²) in [5, 5.41) is 3.11. The van der Waals surface area contributed by atoms with E-state index in [1.165, 1.54) is 0 Å². The van der Waals surface area contributed by atoms with Crippen molar-refractivity contribution in [3.63, 3.8) is 0 Å². The fourth-order valence-electron chi connectivity index (χ4n) is 2.39. The van der Waals surface area contributed by atoms with Crippen LogP contribution in [0.4, 0.5) is 5.69 Å². The molecule has 110 valence electrons. The van der Waals surface area contributed by atoms with E-state index in [4.69, 9.17) is 5.73 Å². The van der Waals surface area contributed by atoms with Crippen LogP contribution < -0.4 is 11.1 Å². The Morgan fingerprint density at radius 3 is 2.29 bits per heavy atom. The molecule has 0 fully saturated rings. The Morgan fingerprint density at radius 2 is 1.67 bits per heavy atom. The molecule has 1 unspecified atom stereocenters. The van der Waals surface area contributed by atoms with E-state index >= 15 is 0 Å². The summed E-state index contributed by atoms with van der Waals surface area (Å²) in [6, 6.07) is 17.5. The Balaban J connectivity index is 2.08. The Morgan fingerprint density at radius 1 is 1.05 bits per heavy atom. The largest absolute Gasteiger partial charge is 0.398 e. The highest BCUT2D eigenvalue weighted by Crippen LogP contribution is 2.21. The van der Waals surface area contributed by atoms with E-state index in [1.54, 1.807) is 0 Å². The van der Waals surface area contributed by atoms with Gasteiger partial charge in [0.05, 0.1) is 12.5 Å². The zero-order chi connectivity index (χ0) is 15.2. The van der Waals surface area contributed by atoms with Crippen LogP contribution in [0.3, 0.4) is 0 Å². The minimum absolute atomic E-state index is 0.00421. The zero-order valence-corrected chi connectivity index (χ0v) is 12.5. The predicted octanol–water partition coefficient (Wildman–Crippen LogP) is 3.32. The highest BCUT2D eigenvalue weighted by molar-refractivity contribution is 5.80. The molecule has 3 heteroatoms. The van der Waals surface area contributed by atoms with Gasteiger partial charge in [0.2, 0.25) is 5.91 Å². The first-order chi connectivity index (χ1) is 10.1. The lowest BCUT2D eigenvalue weighted by molar-refractivity contribution is -0.121. The minimum atomic E-state index is -0.00421. The van der Waals surface area contributed by atoms with E-state index in [9.17, 15) is 4.79 Å². The highest BCUT2D eigenvalue weighted by Gasteiger charge is 2.18. The van der Waals surface area contributed by atoms with Crippen molar-refractivity contribution in [1.82, 2.24) is 5.32 Å². The lowest BCUT2D eigenvalue weighted by Crippen LogP contribution is -2.33. The summed E-state index contributed by atoms with van der Waals surface area (Å²) in [6.07, 6.45) is 0.308. The summed E-state index contributed by atoms with van der Waals surface area (Å²) < 4.78 is 0. The number of benzene rings is 2. The number of amides is 1. The molecule has 3 nitrogen and oxygen atoms in total. The number of carbonyl (C=O) groups is 1. The maximum absolute atomic E-state index is 12.3. The summed E-state index contributed by atoms with van der Waals surface area (Å²) in [5.74, 6) is 0.319. The van der Waals surface area contributed by atoms with Gasteiger partial charge in [0, 0.05) is 5.69 Å². The van der Waals surface area contributed by atoms with Crippen molar-refractivity contribution in [2.45, 2.75) is 26.3 Å². The fourth-order valence-corrected chi connectivity index (χ4v) is 2.39. The van der Waals surface area contributed by atoms with Crippen molar-refractivity contribution < 1.29 is 4.79 Å². The van der Waals surface area contributed by atoms with Gasteiger partial charge in [-0.15, -0.1) is 0 Å². The summed E-state index contributed by atoms with van der Waals surface area (Å²) in [6.45, 7) is 4.21. The zero-order valence-electron chi connectivity index (χ0n) is 12.5. The monoisotopic (exact) mass is 282 g/mol. The summed E-state index contributed by atoms with van der Waals surface area (Å²) in [4.78, 5) is 12.3. The molecule has 3 N–H and O–H groups in total. The molecule has 0 radical (unpaired) electrons. The second kappa shape index (κ2) is 6.93. The molecule has 1 amide bonds. The summed E-state index contributed by atoms with van der Waals surface area (Å²) in [7, 11) is 0. The van der Waals surface area contributed by atoms with Crippen LogP contribution in [0, 0.1) is 5.92 Å². The third kappa shape index (κ3) is 4.09. The lowest BCUT2D eigenvalue weighted by atomic mass is 9.95. The second-order valence-corrected chi connectivity index (χ2v) is 5.58. The molecule has 0 saturated carbocycles. The first-order valence-electron chi connectivity index (χ1n) is 7.25. The Bertz CT molecular complexity index is 593. The van der Waals surface area contributed by atoms with E-state index in [0.29, 0.717) is 18.0 Å². The van der Waals surface area contributed by atoms with Crippen molar-refractivity contribution in [3.8, 4) is 0 Å². The average Bonchev–Trinajstić information content (AvgIpc) is 2.48. The van der Waals surface area contributed by atoms with Crippen molar-refractivity contribution in [1.29, 1.82) is 0 Å². The Kier molecular flexibility index (Phi) is 4.99. The summed E-state index contributed by atoms with van der Waals surface area (Å²) >= 11 is 0. The normalized spacial score (nSPS) is 12.1. The van der Waals surface area contributed by atoms with Gasteiger partial charge in [-0.1, -0.05) is 62.4 Å². The average molecular weight is 282 g/mol. The molecule has 1 atom stereocenters. The smallest absolute Gasteiger partial charge is 0.224 e. The Hall–Kier alpha value is -2.29. The van der Waals surface area contributed by atoms with Gasteiger partial charge in [-0.25, -0.2) is 0 Å². The van der Waals surface area contributed by atoms with E-state index in [0.717, 1.165) is 11.1 Å². The van der Waals surface area contributed by atoms with Crippen molar-refractivity contribution in [2.24, 2.45) is 5.92 Å². The van der Waals surface area contributed by atoms with Gasteiger partial charge in [0.25, 0.3) is 0 Å². The van der Waals surface area contributed by atoms with Crippen LogP contribution >= 0.6 is 0 Å². The van der Waals surface area contributed by atoms with Crippen molar-refractivity contribution in [2.75, 3.05) is 5.73 Å². The number of rotatable bonds is 5. The molecule has 0 saturated heterocycles. The van der Waals surface area contributed by atoms with Crippen molar-refractivity contribution >= 4 is 11.6 Å². The third-order valence-corrected chi connectivity index (χ3v) is 3.55. The van der Waals surface area contributed by atoms with Crippen LogP contribution in [0.1, 0.15) is 31.0 Å². The van der Waals surface area contributed by atoms with Crippen LogP contribution in [-0.4, -0.2) is 5.91 Å². The molecule has 0 spiro atoms. The number of nitrogen functional groups attached to an aromatic ring is 1. The van der Waals surface area contributed by atoms with Gasteiger partial charge >= 0.3 is 0 Å². The van der Waals surface area contributed by atoms with Gasteiger partial charge < -0.3 is 11.1 Å². The molecule has 2 aromatic rings. The van der Waals surface area contributed by atoms with Gasteiger partial charge in [-0.3, -0.25) is 4.79 Å². The number of nitrogens with one attached hydrogen (secondary N) is 1. The predicted molar refractivity (Wildman–Crippen MR) is 86.7 cm³/mol. The van der Waals surface area contributed by atoms with Gasteiger partial charge in [-0.05, 0) is 23.1 Å². The van der Waals surface area contributed by atoms with Crippen LogP contribution in [0.15, 0.2) is 54.6 Å². The maximum Gasteiger partial charge on any atom is 0.224 e. The Labute approximate surface area is 126 Å². The van der Waals surface area contributed by atoms with E-state index in [-0.39, 0.29) is 11.9 Å². The molecule has 21 heavy (non-hydrogen) atoms. The molecule has 0 aliphatic carbocycles. The molecular formula is C18H22N2O. The molecule has 0 aromatic heterocycles. The van der Waals surface area contributed by atoms with Gasteiger partial charge in [-0.2, -0.15) is 0 Å². The molecule has 0 aliphatic rings. The summed E-state index contributed by atoms with van der Waals surface area (Å²) in [5.41, 5.74) is 8.54. The van der Waals surface area contributed by atoms with Crippen molar-refractivity contribution in [3.05, 3.63) is 65.7 Å². The topological polar surface area (TPSA) is 55.1 Å². The quantitative estimate of drug-likeness (QED) is 0.826. The molecular weight excluding hydrogens is 260 g/mol. The molecule has 0 bridgehead atoms.